The molecule has 2 saturated carbocycles. The standard InChI is InChI=1S/C26H36N4O3/c1-26(25(32)27-19-11-6-3-2-4-7-12-19)18-29-22(17-21(28-29)23-15-10-16-33-23)24(31)30(26)20-13-8-5-9-14-20/h10,15-17,19-20H,2-9,11-14,18H2,1H3,(H,27,32). The molecule has 1 N–H and O–H groups in total. The number of nitrogens with zero attached hydrogens (tertiary/aromatic N) is 3. The fraction of sp³-hybridized carbons (Fsp3) is 0.654. The molecule has 33 heavy (non-hydrogen) atoms. The predicted octanol–water partition coefficient (Wildman–Crippen LogP) is 4.92. The lowest BCUT2D eigenvalue weighted by atomic mass is 9.86. The van der Waals surface area contributed by atoms with Crippen LogP contribution in [0.1, 0.15) is 94.5 Å². The highest BCUT2D eigenvalue weighted by Crippen LogP contribution is 2.36. The van der Waals surface area contributed by atoms with Crippen molar-refractivity contribution in [3.63, 3.8) is 0 Å². The Balaban J connectivity index is 1.46. The Morgan fingerprint density at radius 2 is 1.73 bits per heavy atom. The van der Waals surface area contributed by atoms with Crippen LogP contribution < -0.4 is 5.32 Å². The number of aromatic nitrogens is 2. The minimum Gasteiger partial charge on any atom is -0.463 e. The molecule has 7 nitrogen and oxygen atoms in total. The van der Waals surface area contributed by atoms with Crippen LogP contribution in [0, 0.1) is 0 Å². The van der Waals surface area contributed by atoms with Crippen molar-refractivity contribution in [3.05, 3.63) is 30.2 Å². The van der Waals surface area contributed by atoms with Crippen molar-refractivity contribution in [2.24, 2.45) is 0 Å². The molecule has 3 heterocycles. The Morgan fingerprint density at radius 3 is 2.42 bits per heavy atom. The lowest BCUT2D eigenvalue weighted by Crippen LogP contribution is -2.67. The van der Waals surface area contributed by atoms with Gasteiger partial charge in [-0.05, 0) is 44.7 Å². The Labute approximate surface area is 195 Å². The van der Waals surface area contributed by atoms with Gasteiger partial charge in [0.2, 0.25) is 5.91 Å². The summed E-state index contributed by atoms with van der Waals surface area (Å²) in [7, 11) is 0. The highest BCUT2D eigenvalue weighted by atomic mass is 16.3. The third-order valence-electron chi connectivity index (χ3n) is 7.85. The monoisotopic (exact) mass is 452 g/mol. The number of rotatable bonds is 4. The van der Waals surface area contributed by atoms with E-state index in [1.165, 1.54) is 25.7 Å². The topological polar surface area (TPSA) is 80.4 Å². The van der Waals surface area contributed by atoms with E-state index in [1.807, 2.05) is 30.0 Å². The quantitative estimate of drug-likeness (QED) is 0.714. The molecule has 3 aliphatic rings. The first-order valence-corrected chi connectivity index (χ1v) is 12.8. The number of hydrogen-bond acceptors (Lipinski definition) is 4. The van der Waals surface area contributed by atoms with Crippen molar-refractivity contribution in [1.82, 2.24) is 20.0 Å². The summed E-state index contributed by atoms with van der Waals surface area (Å²) in [5.41, 5.74) is 0.223. The number of fused-ring (bicyclic) bond motifs is 1. The van der Waals surface area contributed by atoms with Crippen molar-refractivity contribution in [1.29, 1.82) is 0 Å². The number of amides is 2. The van der Waals surface area contributed by atoms with Crippen LogP contribution in [0.3, 0.4) is 0 Å². The molecule has 2 amide bonds. The second-order valence-electron chi connectivity index (χ2n) is 10.3. The zero-order chi connectivity index (χ0) is 22.8. The maximum Gasteiger partial charge on any atom is 0.273 e. The molecular formula is C26H36N4O3. The van der Waals surface area contributed by atoms with E-state index in [0.29, 0.717) is 23.7 Å². The molecule has 0 radical (unpaired) electrons. The van der Waals surface area contributed by atoms with Crippen molar-refractivity contribution >= 4 is 11.8 Å². The van der Waals surface area contributed by atoms with E-state index in [2.05, 4.69) is 10.4 Å². The average molecular weight is 453 g/mol. The van der Waals surface area contributed by atoms with E-state index < -0.39 is 5.54 Å². The molecule has 178 valence electrons. The molecule has 2 fully saturated rings. The van der Waals surface area contributed by atoms with Crippen LogP contribution in [0.2, 0.25) is 0 Å². The summed E-state index contributed by atoms with van der Waals surface area (Å²) in [5, 5.41) is 8.03. The molecule has 5 rings (SSSR count). The Kier molecular flexibility index (Phi) is 6.30. The van der Waals surface area contributed by atoms with Gasteiger partial charge in [0, 0.05) is 18.2 Å². The van der Waals surface area contributed by atoms with Crippen molar-refractivity contribution in [2.75, 3.05) is 0 Å². The summed E-state index contributed by atoms with van der Waals surface area (Å²) in [6.45, 7) is 2.30. The fourth-order valence-corrected chi connectivity index (χ4v) is 6.00. The molecule has 1 aliphatic heterocycles. The largest absolute Gasteiger partial charge is 0.463 e. The maximum atomic E-state index is 13.9. The zero-order valence-corrected chi connectivity index (χ0v) is 19.7. The molecule has 0 bridgehead atoms. The molecule has 0 aromatic carbocycles. The highest BCUT2D eigenvalue weighted by Gasteiger charge is 2.51. The van der Waals surface area contributed by atoms with E-state index in [0.717, 1.165) is 51.4 Å². The first-order valence-electron chi connectivity index (χ1n) is 12.8. The molecule has 7 heteroatoms. The predicted molar refractivity (Wildman–Crippen MR) is 126 cm³/mol. The van der Waals surface area contributed by atoms with Gasteiger partial charge in [-0.25, -0.2) is 0 Å². The number of nitrogens with one attached hydrogen (secondary N) is 1. The van der Waals surface area contributed by atoms with Crippen LogP contribution >= 0.6 is 0 Å². The van der Waals surface area contributed by atoms with Gasteiger partial charge in [-0.2, -0.15) is 5.10 Å². The van der Waals surface area contributed by atoms with Crippen molar-refractivity contribution in [2.45, 2.75) is 108 Å². The Bertz CT molecular complexity index is 968. The second kappa shape index (κ2) is 9.35. The lowest BCUT2D eigenvalue weighted by molar-refractivity contribution is -0.136. The fourth-order valence-electron chi connectivity index (χ4n) is 6.00. The van der Waals surface area contributed by atoms with E-state index in [-0.39, 0.29) is 23.9 Å². The number of carbonyl (C=O) groups excluding carboxylic acids is 2. The molecule has 2 aliphatic carbocycles. The van der Waals surface area contributed by atoms with Gasteiger partial charge >= 0.3 is 0 Å². The molecule has 2 aromatic heterocycles. The lowest BCUT2D eigenvalue weighted by Gasteiger charge is -2.48. The van der Waals surface area contributed by atoms with Crippen LogP contribution in [0.4, 0.5) is 0 Å². The summed E-state index contributed by atoms with van der Waals surface area (Å²) in [4.78, 5) is 29.6. The van der Waals surface area contributed by atoms with Crippen molar-refractivity contribution < 1.29 is 14.0 Å². The zero-order valence-electron chi connectivity index (χ0n) is 19.7. The number of hydrogen-bond donors (Lipinski definition) is 1. The van der Waals surface area contributed by atoms with Gasteiger partial charge in [0.15, 0.2) is 5.76 Å². The number of furan rings is 1. The Hall–Kier alpha value is -2.57. The summed E-state index contributed by atoms with van der Waals surface area (Å²) in [6.07, 6.45) is 15.1. The second-order valence-corrected chi connectivity index (χ2v) is 10.3. The third-order valence-corrected chi connectivity index (χ3v) is 7.85. The van der Waals surface area contributed by atoms with E-state index in [4.69, 9.17) is 4.42 Å². The molecule has 0 spiro atoms. The molecule has 1 atom stereocenters. The first-order chi connectivity index (χ1) is 16.1. The summed E-state index contributed by atoms with van der Waals surface area (Å²) >= 11 is 0. The van der Waals surface area contributed by atoms with Gasteiger partial charge in [0.1, 0.15) is 16.9 Å². The average Bonchev–Trinajstić information content (AvgIpc) is 3.46. The van der Waals surface area contributed by atoms with E-state index in [9.17, 15) is 9.59 Å². The third kappa shape index (κ3) is 4.34. The molecule has 2 aromatic rings. The molecular weight excluding hydrogens is 416 g/mol. The summed E-state index contributed by atoms with van der Waals surface area (Å²) in [5.74, 6) is 0.510. The number of carbonyl (C=O) groups is 2. The van der Waals surface area contributed by atoms with Crippen LogP contribution in [0.5, 0.6) is 0 Å². The smallest absolute Gasteiger partial charge is 0.273 e. The van der Waals surface area contributed by atoms with Crippen LogP contribution in [-0.2, 0) is 11.3 Å². The summed E-state index contributed by atoms with van der Waals surface area (Å²) < 4.78 is 7.24. The maximum absolute atomic E-state index is 13.9. The van der Waals surface area contributed by atoms with Crippen LogP contribution in [0.25, 0.3) is 11.5 Å². The molecule has 0 saturated heterocycles. The highest BCUT2D eigenvalue weighted by molar-refractivity contribution is 6.00. The molecule has 1 unspecified atom stereocenters. The van der Waals surface area contributed by atoms with Gasteiger partial charge in [-0.1, -0.05) is 51.4 Å². The van der Waals surface area contributed by atoms with Crippen molar-refractivity contribution in [3.8, 4) is 11.5 Å². The van der Waals surface area contributed by atoms with Gasteiger partial charge in [0.05, 0.1) is 12.8 Å². The normalized spacial score (nSPS) is 25.4. The minimum atomic E-state index is -0.957. The van der Waals surface area contributed by atoms with E-state index >= 15 is 0 Å². The van der Waals surface area contributed by atoms with Crippen LogP contribution in [0.15, 0.2) is 28.9 Å². The minimum absolute atomic E-state index is 0.0345. The van der Waals surface area contributed by atoms with Gasteiger partial charge < -0.3 is 14.6 Å². The van der Waals surface area contributed by atoms with Gasteiger partial charge in [0.25, 0.3) is 5.91 Å². The van der Waals surface area contributed by atoms with Gasteiger partial charge in [-0.15, -0.1) is 0 Å². The first kappa shape index (κ1) is 22.2. The SMILES string of the molecule is CC1(C(=O)NC2CCCCCCC2)Cn2nc(-c3ccco3)cc2C(=O)N1C1CCCCC1. The van der Waals surface area contributed by atoms with Crippen LogP contribution in [-0.4, -0.2) is 44.1 Å². The summed E-state index contributed by atoms with van der Waals surface area (Å²) in [6, 6.07) is 5.75. The van der Waals surface area contributed by atoms with E-state index in [1.54, 1.807) is 10.9 Å². The van der Waals surface area contributed by atoms with Gasteiger partial charge in [-0.3, -0.25) is 14.3 Å². The Morgan fingerprint density at radius 1 is 1.06 bits per heavy atom.